The molecule has 11 heteroatoms. The number of hydrogen-bond acceptors (Lipinski definition) is 4. The number of fused-ring (bicyclic) bond motifs is 2. The minimum absolute atomic E-state index is 0.115. The van der Waals surface area contributed by atoms with E-state index in [1.165, 1.54) is 14.1 Å². The van der Waals surface area contributed by atoms with Crippen LogP contribution in [0.25, 0.3) is 38.2 Å². The molecule has 0 unspecified atom stereocenters. The highest BCUT2D eigenvalue weighted by Gasteiger charge is 2.31. The van der Waals surface area contributed by atoms with Gasteiger partial charge in [0.1, 0.15) is 0 Å². The summed E-state index contributed by atoms with van der Waals surface area (Å²) in [5.41, 5.74) is 9.78. The van der Waals surface area contributed by atoms with Gasteiger partial charge in [0.15, 0.2) is 0 Å². The van der Waals surface area contributed by atoms with Gasteiger partial charge in [-0.3, -0.25) is 13.6 Å². The predicted molar refractivity (Wildman–Crippen MR) is 219 cm³/mol. The van der Waals surface area contributed by atoms with Crippen LogP contribution in [0.5, 0.6) is 0 Å². The van der Waals surface area contributed by atoms with E-state index in [0.29, 0.717) is 33.4 Å². The van der Waals surface area contributed by atoms with Crippen LogP contribution in [0.1, 0.15) is 53.1 Å². The highest BCUT2D eigenvalue weighted by atomic mass is 19.2. The van der Waals surface area contributed by atoms with E-state index in [2.05, 4.69) is 41.2 Å². The molecule has 1 aromatic heterocycles. The fourth-order valence-corrected chi connectivity index (χ4v) is 7.74. The van der Waals surface area contributed by atoms with E-state index < -0.39 is 13.4 Å². The summed E-state index contributed by atoms with van der Waals surface area (Å²) in [6.45, 7) is 7.42. The van der Waals surface area contributed by atoms with E-state index in [1.807, 2.05) is 99.6 Å². The Morgan fingerprint density at radius 3 is 1.91 bits per heavy atom. The topological polar surface area (TPSA) is 76.3 Å². The predicted octanol–water partition coefficient (Wildman–Crippen LogP) is 9.65. The van der Waals surface area contributed by atoms with E-state index >= 15 is 0 Å². The first-order valence-electron chi connectivity index (χ1n) is 18.1. The van der Waals surface area contributed by atoms with Crippen molar-refractivity contribution in [2.75, 3.05) is 14.1 Å². The molecule has 0 aliphatic carbocycles. The van der Waals surface area contributed by atoms with Crippen molar-refractivity contribution in [2.45, 2.75) is 27.7 Å². The van der Waals surface area contributed by atoms with Crippen LogP contribution >= 0.6 is 0 Å². The van der Waals surface area contributed by atoms with Gasteiger partial charge in [0.25, 0.3) is 0 Å². The summed E-state index contributed by atoms with van der Waals surface area (Å²) in [5.74, 6) is 7.00. The van der Waals surface area contributed by atoms with Gasteiger partial charge in [-0.1, -0.05) is 102 Å². The van der Waals surface area contributed by atoms with E-state index in [4.69, 9.17) is 4.99 Å². The summed E-state index contributed by atoms with van der Waals surface area (Å²) in [7, 11) is 0.216. The third-order valence-corrected chi connectivity index (χ3v) is 10.3. The Morgan fingerprint density at radius 1 is 0.750 bits per heavy atom. The number of aryl methyl sites for hydroxylation is 2. The second kappa shape index (κ2) is 14.1. The number of rotatable bonds is 5. The largest absolute Gasteiger partial charge is 0.677 e. The van der Waals surface area contributed by atoms with Crippen molar-refractivity contribution < 1.29 is 18.6 Å². The number of hydrogen-bond donors (Lipinski definition) is 0. The van der Waals surface area contributed by atoms with Gasteiger partial charge in [-0.15, -0.1) is 10.3 Å². The molecule has 0 atom stereocenters. The third kappa shape index (κ3) is 6.14. The second-order valence-electron chi connectivity index (χ2n) is 14.0. The molecule has 0 bridgehead atoms. The van der Waals surface area contributed by atoms with Crippen molar-refractivity contribution in [2.24, 2.45) is 10.1 Å². The first-order chi connectivity index (χ1) is 26.9. The fourth-order valence-electron chi connectivity index (χ4n) is 7.74. The summed E-state index contributed by atoms with van der Waals surface area (Å²) >= 11 is 0. The van der Waals surface area contributed by atoms with Crippen molar-refractivity contribution in [3.05, 3.63) is 160 Å². The summed E-state index contributed by atoms with van der Waals surface area (Å²) < 4.78 is 30.1. The van der Waals surface area contributed by atoms with Crippen molar-refractivity contribution in [1.29, 1.82) is 0 Å². The van der Waals surface area contributed by atoms with Crippen LogP contribution in [0, 0.1) is 25.7 Å². The number of carbonyl (C=O) groups is 1. The van der Waals surface area contributed by atoms with Crippen LogP contribution in [-0.2, 0) is 5.21 Å². The molecule has 3 heterocycles. The molecule has 5 aromatic carbocycles. The van der Waals surface area contributed by atoms with Gasteiger partial charge in [0, 0.05) is 53.5 Å². The molecule has 0 saturated heterocycles. The standard InChI is InChI=1S/C45H36BF2N6O2/c1-27-25-29(3)49-42(27)41(43-28(2)26-30(4)53(43)46(47)48)33-18-15-31(16-19-33)17-24-37-35-11-7-9-13-38(35)40(39-14-10-8-12-36(37)39)32-20-22-34(23-21-32)44-50-51(5)45(55)52(6)54(44)56/h7-16,18-23,25-26H,1-6H3/b42-41-. The molecule has 2 aliphatic heterocycles. The number of amides is 2. The highest BCUT2D eigenvalue weighted by Crippen LogP contribution is 2.40. The first-order valence-corrected chi connectivity index (χ1v) is 18.1. The van der Waals surface area contributed by atoms with Crippen molar-refractivity contribution >= 4 is 52.1 Å². The van der Waals surface area contributed by atoms with Gasteiger partial charge in [0.2, 0.25) is 5.84 Å². The van der Waals surface area contributed by atoms with E-state index in [9.17, 15) is 18.6 Å². The van der Waals surface area contributed by atoms with Gasteiger partial charge < -0.3 is 4.48 Å². The Kier molecular flexibility index (Phi) is 9.15. The van der Waals surface area contributed by atoms with Crippen molar-refractivity contribution in [3.63, 3.8) is 0 Å². The number of hydroxylamine groups is 1. The number of halogens is 2. The summed E-state index contributed by atoms with van der Waals surface area (Å²) in [6.07, 6.45) is 1.97. The lowest BCUT2D eigenvalue weighted by molar-refractivity contribution is -0.207. The third-order valence-electron chi connectivity index (χ3n) is 10.3. The molecule has 1 radical (unpaired) electrons. The lowest BCUT2D eigenvalue weighted by atomic mass is 9.88. The number of hydrazine groups is 1. The molecule has 8 rings (SSSR count). The average molecular weight is 742 g/mol. The normalized spacial score (nSPS) is 15.2. The maximum absolute atomic E-state index is 14.5. The van der Waals surface area contributed by atoms with Gasteiger partial charge in [0.05, 0.1) is 5.70 Å². The number of benzene rings is 5. The maximum atomic E-state index is 14.5. The quantitative estimate of drug-likeness (QED) is 0.100. The number of aromatic nitrogens is 1. The van der Waals surface area contributed by atoms with Crippen molar-refractivity contribution in [1.82, 2.24) is 19.7 Å². The summed E-state index contributed by atoms with van der Waals surface area (Å²) in [5, 5.41) is 23.7. The number of nitrogens with zero attached hydrogens (tertiary/aromatic N) is 6. The Morgan fingerprint density at radius 2 is 1.34 bits per heavy atom. The minimum Gasteiger partial charge on any atom is -0.329 e. The SMILES string of the molecule is CC1=CC(C)=N/C1=C(/c1ccc(C#Cc2c3ccccc3c(-c3ccc(C4=NN(C)C(=O)N(C)N4[O])cc3)c3ccccc23)cc1)c1c(C)cc(C)n1B(F)F. The van der Waals surface area contributed by atoms with E-state index in [-0.39, 0.29) is 5.84 Å². The zero-order chi connectivity index (χ0) is 39.4. The van der Waals surface area contributed by atoms with Gasteiger partial charge in [-0.25, -0.2) is 14.8 Å². The number of aliphatic imine (C=N–C) groups is 1. The van der Waals surface area contributed by atoms with E-state index in [0.717, 1.165) is 80.7 Å². The first kappa shape index (κ1) is 36.2. The molecule has 275 valence electrons. The Labute approximate surface area is 324 Å². The Bertz CT molecular complexity index is 2730. The molecule has 0 spiro atoms. The van der Waals surface area contributed by atoms with Crippen LogP contribution in [0.4, 0.5) is 13.4 Å². The van der Waals surface area contributed by atoms with Crippen LogP contribution in [0.3, 0.4) is 0 Å². The summed E-state index contributed by atoms with van der Waals surface area (Å²) in [6, 6.07) is 32.9. The maximum Gasteiger partial charge on any atom is 0.677 e. The molecular formula is C45H36BF2N6O2. The average Bonchev–Trinajstić information content (AvgIpc) is 3.69. The molecule has 0 N–H and O–H groups in total. The van der Waals surface area contributed by atoms with Gasteiger partial charge in [-0.2, -0.15) is 0 Å². The van der Waals surface area contributed by atoms with Crippen molar-refractivity contribution in [3.8, 4) is 23.0 Å². The number of amidine groups is 1. The van der Waals surface area contributed by atoms with Crippen LogP contribution in [0.15, 0.2) is 131 Å². The van der Waals surface area contributed by atoms with Crippen LogP contribution in [0.2, 0.25) is 0 Å². The fraction of sp³-hybridized carbons (Fsp3) is 0.133. The molecular weight excluding hydrogens is 705 g/mol. The zero-order valence-corrected chi connectivity index (χ0v) is 31.7. The lowest BCUT2D eigenvalue weighted by Crippen LogP contribution is -2.53. The number of carbonyl (C=O) groups excluding carboxylic acids is 1. The number of allylic oxidation sites excluding steroid dienone is 2. The molecule has 6 aromatic rings. The van der Waals surface area contributed by atoms with E-state index in [1.54, 1.807) is 13.0 Å². The molecule has 56 heavy (non-hydrogen) atoms. The van der Waals surface area contributed by atoms with Gasteiger partial charge in [-0.05, 0) is 101 Å². The monoisotopic (exact) mass is 741 g/mol. The minimum atomic E-state index is -2.70. The Balaban J connectivity index is 1.21. The molecule has 2 amide bonds. The number of urea groups is 1. The zero-order valence-electron chi connectivity index (χ0n) is 31.7. The molecule has 8 nitrogen and oxygen atoms in total. The summed E-state index contributed by atoms with van der Waals surface area (Å²) in [4.78, 5) is 17.0. The van der Waals surface area contributed by atoms with Crippen LogP contribution < -0.4 is 0 Å². The highest BCUT2D eigenvalue weighted by molar-refractivity contribution is 6.41. The molecule has 0 fully saturated rings. The van der Waals surface area contributed by atoms with Crippen LogP contribution in [-0.4, -0.2) is 58.7 Å². The second-order valence-corrected chi connectivity index (χ2v) is 14.0. The Hall–Kier alpha value is -6.77. The molecule has 2 aliphatic rings. The van der Waals surface area contributed by atoms with Gasteiger partial charge >= 0.3 is 13.4 Å². The lowest BCUT2D eigenvalue weighted by Gasteiger charge is -2.33. The number of hydrazone groups is 1. The smallest absolute Gasteiger partial charge is 0.329 e. The molecule has 0 saturated carbocycles.